The van der Waals surface area contributed by atoms with Crippen molar-refractivity contribution >= 4 is 0 Å². The average Bonchev–Trinajstić information content (AvgIpc) is 2.97. The van der Waals surface area contributed by atoms with E-state index in [1.54, 1.807) is 72.8 Å². The summed E-state index contributed by atoms with van der Waals surface area (Å²) in [5.41, 5.74) is -2.81. The zero-order valence-electron chi connectivity index (χ0n) is 21.6. The Hall–Kier alpha value is -4.08. The van der Waals surface area contributed by atoms with Gasteiger partial charge in [-0.25, -0.2) is 0 Å². The lowest BCUT2D eigenvalue weighted by molar-refractivity contribution is -0.113. The van der Waals surface area contributed by atoms with Gasteiger partial charge in [0.05, 0.1) is 6.61 Å². The first-order valence-electron chi connectivity index (χ1n) is 12.6. The smallest absolute Gasteiger partial charge is 0.152 e. The molecule has 8 nitrogen and oxygen atoms in total. The van der Waals surface area contributed by atoms with E-state index in [9.17, 15) is 20.4 Å². The third kappa shape index (κ3) is 5.69. The summed E-state index contributed by atoms with van der Waals surface area (Å²) in [7, 11) is 1.83. The minimum Gasteiger partial charge on any atom is -0.508 e. The van der Waals surface area contributed by atoms with Crippen LogP contribution in [0, 0.1) is 0 Å². The van der Waals surface area contributed by atoms with Gasteiger partial charge >= 0.3 is 0 Å². The van der Waals surface area contributed by atoms with Gasteiger partial charge in [0.25, 0.3) is 0 Å². The number of benzene rings is 4. The lowest BCUT2D eigenvalue weighted by atomic mass is 9.66. The monoisotopic (exact) mass is 531 g/mol. The SMILES string of the molecule is CNCCOc1ccc(C(O)(c2ccc(O)cc2)C(O)(c2ccc(O)cc2)c2ccc(OCCO)cc2)cc1. The van der Waals surface area contributed by atoms with Gasteiger partial charge in [-0.2, -0.15) is 0 Å². The van der Waals surface area contributed by atoms with Crippen LogP contribution in [0.2, 0.25) is 0 Å². The standard InChI is InChI=1S/C31H33NO7/c1-32-18-20-38-28-14-6-24(7-15-28)30(36,22-2-10-26(34)11-3-22)31(37,23-4-12-27(35)13-5-23)25-8-16-29(17-9-25)39-21-19-33/h2-17,32-37H,18-21H2,1H3. The Kier molecular flexibility index (Phi) is 8.73. The van der Waals surface area contributed by atoms with Crippen molar-refractivity contribution in [3.05, 3.63) is 119 Å². The molecule has 0 saturated heterocycles. The van der Waals surface area contributed by atoms with Crippen LogP contribution in [0.1, 0.15) is 22.3 Å². The molecule has 4 aromatic carbocycles. The predicted molar refractivity (Wildman–Crippen MR) is 147 cm³/mol. The van der Waals surface area contributed by atoms with Gasteiger partial charge in [0, 0.05) is 6.54 Å². The van der Waals surface area contributed by atoms with Crippen LogP contribution >= 0.6 is 0 Å². The molecule has 8 heteroatoms. The van der Waals surface area contributed by atoms with E-state index in [4.69, 9.17) is 14.6 Å². The van der Waals surface area contributed by atoms with E-state index in [0.29, 0.717) is 46.9 Å². The molecule has 0 bridgehead atoms. The topological polar surface area (TPSA) is 132 Å². The normalized spacial score (nSPS) is 14.3. The van der Waals surface area contributed by atoms with Crippen molar-refractivity contribution in [3.63, 3.8) is 0 Å². The van der Waals surface area contributed by atoms with Crippen LogP contribution in [0.15, 0.2) is 97.1 Å². The number of hydrogen-bond acceptors (Lipinski definition) is 8. The molecule has 0 saturated carbocycles. The van der Waals surface area contributed by atoms with Gasteiger partial charge in [0.15, 0.2) is 11.2 Å². The van der Waals surface area contributed by atoms with Gasteiger partial charge < -0.3 is 40.3 Å². The molecule has 2 atom stereocenters. The van der Waals surface area contributed by atoms with E-state index in [1.165, 1.54) is 24.3 Å². The van der Waals surface area contributed by atoms with E-state index in [2.05, 4.69) is 5.32 Å². The molecule has 0 aliphatic rings. The minimum absolute atomic E-state index is 0.00472. The van der Waals surface area contributed by atoms with Crippen LogP contribution in [0.25, 0.3) is 0 Å². The van der Waals surface area contributed by atoms with Crippen molar-refractivity contribution in [2.45, 2.75) is 11.2 Å². The number of nitrogens with one attached hydrogen (secondary N) is 1. The van der Waals surface area contributed by atoms with E-state index in [0.717, 1.165) is 0 Å². The van der Waals surface area contributed by atoms with E-state index < -0.39 is 11.2 Å². The summed E-state index contributed by atoms with van der Waals surface area (Å²) in [5, 5.41) is 57.5. The molecule has 0 aliphatic carbocycles. The van der Waals surface area contributed by atoms with Crippen LogP contribution in [0.5, 0.6) is 23.0 Å². The van der Waals surface area contributed by atoms with Gasteiger partial charge in [0.1, 0.15) is 36.2 Å². The first-order valence-corrected chi connectivity index (χ1v) is 12.6. The van der Waals surface area contributed by atoms with Crippen LogP contribution in [-0.4, -0.2) is 58.9 Å². The van der Waals surface area contributed by atoms with Crippen molar-refractivity contribution in [1.29, 1.82) is 0 Å². The predicted octanol–water partition coefficient (Wildman–Crippen LogP) is 3.24. The number of hydrogen-bond donors (Lipinski definition) is 6. The molecule has 0 fully saturated rings. The van der Waals surface area contributed by atoms with Crippen molar-refractivity contribution in [2.75, 3.05) is 33.4 Å². The molecule has 0 aromatic heterocycles. The largest absolute Gasteiger partial charge is 0.508 e. The Morgan fingerprint density at radius 2 is 0.897 bits per heavy atom. The number of likely N-dealkylation sites (N-methyl/N-ethyl adjacent to an activating group) is 1. The van der Waals surface area contributed by atoms with Crippen molar-refractivity contribution in [1.82, 2.24) is 5.32 Å². The van der Waals surface area contributed by atoms with Crippen molar-refractivity contribution < 1.29 is 35.0 Å². The van der Waals surface area contributed by atoms with Crippen LogP contribution in [0.4, 0.5) is 0 Å². The highest BCUT2D eigenvalue weighted by atomic mass is 16.5. The number of aliphatic hydroxyl groups excluding tert-OH is 1. The van der Waals surface area contributed by atoms with E-state index in [1.807, 2.05) is 7.05 Å². The Morgan fingerprint density at radius 3 is 1.23 bits per heavy atom. The maximum atomic E-state index is 12.7. The summed E-state index contributed by atoms with van der Waals surface area (Å²) in [5.74, 6) is 1.09. The average molecular weight is 532 g/mol. The van der Waals surface area contributed by atoms with E-state index in [-0.39, 0.29) is 24.7 Å². The Balaban J connectivity index is 1.92. The molecule has 0 amide bonds. The summed E-state index contributed by atoms with van der Waals surface area (Å²) in [6.07, 6.45) is 0. The lowest BCUT2D eigenvalue weighted by Gasteiger charge is -2.45. The summed E-state index contributed by atoms with van der Waals surface area (Å²) in [4.78, 5) is 0. The number of rotatable bonds is 12. The molecule has 6 N–H and O–H groups in total. The maximum absolute atomic E-state index is 12.7. The Morgan fingerprint density at radius 1 is 0.564 bits per heavy atom. The number of aliphatic hydroxyl groups is 3. The fraction of sp³-hybridized carbons (Fsp3) is 0.226. The molecule has 4 rings (SSSR count). The third-order valence-electron chi connectivity index (χ3n) is 6.62. The zero-order valence-corrected chi connectivity index (χ0v) is 21.6. The summed E-state index contributed by atoms with van der Waals surface area (Å²) < 4.78 is 11.2. The Labute approximate surface area is 227 Å². The first kappa shape index (κ1) is 27.9. The van der Waals surface area contributed by atoms with E-state index >= 15 is 0 Å². The fourth-order valence-electron chi connectivity index (χ4n) is 4.59. The molecule has 0 aliphatic heterocycles. The molecule has 39 heavy (non-hydrogen) atoms. The molecule has 0 heterocycles. The third-order valence-corrected chi connectivity index (χ3v) is 6.62. The Bertz CT molecular complexity index is 1330. The second-order valence-corrected chi connectivity index (χ2v) is 9.09. The molecular formula is C31H33NO7. The van der Waals surface area contributed by atoms with Crippen LogP contribution < -0.4 is 14.8 Å². The molecular weight excluding hydrogens is 498 g/mol. The maximum Gasteiger partial charge on any atom is 0.152 e. The summed E-state index contributed by atoms with van der Waals surface area (Å²) >= 11 is 0. The quantitative estimate of drug-likeness (QED) is 0.154. The minimum atomic E-state index is -2.08. The van der Waals surface area contributed by atoms with Gasteiger partial charge in [-0.05, 0) is 77.8 Å². The molecule has 204 valence electrons. The molecule has 4 aromatic rings. The number of ether oxygens (including phenoxy) is 2. The van der Waals surface area contributed by atoms with Crippen LogP contribution in [0.3, 0.4) is 0 Å². The van der Waals surface area contributed by atoms with Crippen molar-refractivity contribution in [3.8, 4) is 23.0 Å². The lowest BCUT2D eigenvalue weighted by Crippen LogP contribution is -2.51. The number of phenols is 2. The van der Waals surface area contributed by atoms with Crippen LogP contribution in [-0.2, 0) is 11.2 Å². The second-order valence-electron chi connectivity index (χ2n) is 9.09. The number of phenolic OH excluding ortho intramolecular Hbond substituents is 2. The first-order chi connectivity index (χ1) is 18.8. The number of aromatic hydroxyl groups is 2. The summed E-state index contributed by atoms with van der Waals surface area (Å²) in [6, 6.07) is 25.3. The highest BCUT2D eigenvalue weighted by Gasteiger charge is 2.54. The van der Waals surface area contributed by atoms with Gasteiger partial charge in [-0.15, -0.1) is 0 Å². The van der Waals surface area contributed by atoms with Gasteiger partial charge in [-0.1, -0.05) is 48.5 Å². The molecule has 0 radical (unpaired) electrons. The van der Waals surface area contributed by atoms with Gasteiger partial charge in [-0.3, -0.25) is 0 Å². The highest BCUT2D eigenvalue weighted by Crippen LogP contribution is 2.50. The molecule has 0 spiro atoms. The molecule has 2 unspecified atom stereocenters. The van der Waals surface area contributed by atoms with Crippen molar-refractivity contribution in [2.24, 2.45) is 0 Å². The fourth-order valence-corrected chi connectivity index (χ4v) is 4.59. The second kappa shape index (κ2) is 12.2. The zero-order chi connectivity index (χ0) is 27.9. The highest BCUT2D eigenvalue weighted by molar-refractivity contribution is 5.53. The van der Waals surface area contributed by atoms with Gasteiger partial charge in [0.2, 0.25) is 0 Å². The summed E-state index contributed by atoms with van der Waals surface area (Å²) in [6.45, 7) is 1.09.